The Morgan fingerprint density at radius 2 is 2.00 bits per heavy atom. The molecule has 3 aromatic heterocycles. The Balaban J connectivity index is 1.51. The molecule has 1 aliphatic heterocycles. The van der Waals surface area contributed by atoms with Crippen LogP contribution in [0.3, 0.4) is 0 Å². The highest BCUT2D eigenvalue weighted by Gasteiger charge is 2.48. The SMILES string of the molecule is CCc1cc2c(cc3n2CC(C)(C(=O)NC2CCC(C)CC2)N(Cc2cccs2)C3=O)s1. The van der Waals surface area contributed by atoms with Crippen molar-refractivity contribution in [3.63, 3.8) is 0 Å². The van der Waals surface area contributed by atoms with Gasteiger partial charge in [0, 0.05) is 15.8 Å². The maximum Gasteiger partial charge on any atom is 0.271 e. The Hall–Kier alpha value is -2.12. The van der Waals surface area contributed by atoms with Gasteiger partial charge in [-0.05, 0) is 68.5 Å². The van der Waals surface area contributed by atoms with Crippen molar-refractivity contribution in [2.24, 2.45) is 5.92 Å². The van der Waals surface area contributed by atoms with Crippen molar-refractivity contribution in [3.8, 4) is 0 Å². The fourth-order valence-corrected chi connectivity index (χ4v) is 6.85. The van der Waals surface area contributed by atoms with Crippen molar-refractivity contribution in [1.82, 2.24) is 14.8 Å². The van der Waals surface area contributed by atoms with Crippen LogP contribution in [-0.2, 0) is 24.3 Å². The normalized spacial score (nSPS) is 25.8. The van der Waals surface area contributed by atoms with E-state index in [1.165, 1.54) is 4.88 Å². The van der Waals surface area contributed by atoms with Gasteiger partial charge in [0.05, 0.1) is 23.3 Å². The third-order valence-corrected chi connectivity index (χ3v) is 9.33. The number of fused-ring (bicyclic) bond motifs is 3. The fourth-order valence-electron chi connectivity index (χ4n) is 5.11. The van der Waals surface area contributed by atoms with Crippen molar-refractivity contribution in [3.05, 3.63) is 45.1 Å². The highest BCUT2D eigenvalue weighted by Crippen LogP contribution is 2.37. The van der Waals surface area contributed by atoms with Crippen LogP contribution in [0.2, 0.25) is 0 Å². The Bertz CT molecular complexity index is 1140. The molecule has 7 heteroatoms. The standard InChI is InChI=1S/C25H31N3O2S2/c1-4-18-12-20-22(32-18)13-21-23(29)28(14-19-6-5-11-31-19)25(3,15-27(20)21)24(30)26-17-9-7-16(2)8-10-17/h5-6,11-13,16-17H,4,7-10,14-15H2,1-3H3,(H,26,30). The highest BCUT2D eigenvalue weighted by atomic mass is 32.1. The predicted molar refractivity (Wildman–Crippen MR) is 131 cm³/mol. The number of carbonyl (C=O) groups excluding carboxylic acids is 2. The zero-order chi connectivity index (χ0) is 22.5. The zero-order valence-electron chi connectivity index (χ0n) is 19.0. The number of amides is 2. The van der Waals surface area contributed by atoms with Gasteiger partial charge < -0.3 is 14.8 Å². The summed E-state index contributed by atoms with van der Waals surface area (Å²) in [5.74, 6) is 0.647. The van der Waals surface area contributed by atoms with E-state index in [4.69, 9.17) is 0 Å². The molecule has 1 aliphatic carbocycles. The van der Waals surface area contributed by atoms with E-state index in [9.17, 15) is 9.59 Å². The quantitative estimate of drug-likeness (QED) is 0.541. The van der Waals surface area contributed by atoms with Gasteiger partial charge in [0.25, 0.3) is 5.91 Å². The first kappa shape index (κ1) is 21.7. The van der Waals surface area contributed by atoms with Crippen LogP contribution in [0.15, 0.2) is 29.6 Å². The Morgan fingerprint density at radius 3 is 2.69 bits per heavy atom. The summed E-state index contributed by atoms with van der Waals surface area (Å²) in [6, 6.07) is 8.45. The van der Waals surface area contributed by atoms with Crippen LogP contribution in [0.1, 0.15) is 66.7 Å². The molecule has 4 heterocycles. The van der Waals surface area contributed by atoms with E-state index in [0.717, 1.165) is 53.1 Å². The van der Waals surface area contributed by atoms with E-state index in [0.29, 0.717) is 18.8 Å². The topological polar surface area (TPSA) is 54.3 Å². The molecule has 170 valence electrons. The summed E-state index contributed by atoms with van der Waals surface area (Å²) in [5, 5.41) is 5.35. The van der Waals surface area contributed by atoms with Gasteiger partial charge in [-0.3, -0.25) is 9.59 Å². The molecule has 1 unspecified atom stereocenters. The molecule has 3 aromatic rings. The summed E-state index contributed by atoms with van der Waals surface area (Å²) in [5.41, 5.74) is 0.843. The molecule has 5 nitrogen and oxygen atoms in total. The van der Waals surface area contributed by atoms with Gasteiger partial charge >= 0.3 is 0 Å². The van der Waals surface area contributed by atoms with Gasteiger partial charge in [0.1, 0.15) is 11.2 Å². The molecule has 5 rings (SSSR count). The van der Waals surface area contributed by atoms with Crippen LogP contribution >= 0.6 is 22.7 Å². The number of nitrogens with zero attached hydrogens (tertiary/aromatic N) is 2. The first-order valence-electron chi connectivity index (χ1n) is 11.7. The van der Waals surface area contributed by atoms with Crippen molar-refractivity contribution in [1.29, 1.82) is 0 Å². The number of hydrogen-bond donors (Lipinski definition) is 1. The Labute approximate surface area is 197 Å². The molecule has 0 radical (unpaired) electrons. The molecule has 0 spiro atoms. The molecule has 1 fully saturated rings. The second-order valence-electron chi connectivity index (χ2n) is 9.61. The average molecular weight is 470 g/mol. The molecule has 1 N–H and O–H groups in total. The summed E-state index contributed by atoms with van der Waals surface area (Å²) in [6.07, 6.45) is 5.31. The first-order chi connectivity index (χ1) is 15.4. The van der Waals surface area contributed by atoms with Crippen LogP contribution in [0.5, 0.6) is 0 Å². The second kappa shape index (κ2) is 8.34. The van der Waals surface area contributed by atoms with Crippen LogP contribution in [0, 0.1) is 5.92 Å². The Morgan fingerprint density at radius 1 is 1.22 bits per heavy atom. The maximum atomic E-state index is 13.8. The number of nitrogens with one attached hydrogen (secondary N) is 1. The maximum absolute atomic E-state index is 13.8. The third kappa shape index (κ3) is 3.69. The van der Waals surface area contributed by atoms with E-state index in [1.54, 1.807) is 27.6 Å². The molecular weight excluding hydrogens is 438 g/mol. The smallest absolute Gasteiger partial charge is 0.271 e. The molecule has 0 aromatic carbocycles. The zero-order valence-corrected chi connectivity index (χ0v) is 20.7. The van der Waals surface area contributed by atoms with Gasteiger partial charge in [-0.15, -0.1) is 22.7 Å². The van der Waals surface area contributed by atoms with Gasteiger partial charge in [-0.25, -0.2) is 0 Å². The number of hydrogen-bond acceptors (Lipinski definition) is 4. The number of aromatic nitrogens is 1. The molecule has 0 saturated heterocycles. The number of thiophene rings is 2. The van der Waals surface area contributed by atoms with Crippen molar-refractivity contribution >= 4 is 44.7 Å². The molecule has 0 bridgehead atoms. The molecule has 32 heavy (non-hydrogen) atoms. The van der Waals surface area contributed by atoms with Crippen LogP contribution < -0.4 is 5.32 Å². The molecule has 1 saturated carbocycles. The van der Waals surface area contributed by atoms with Crippen molar-refractivity contribution in [2.45, 2.75) is 77.5 Å². The molecular formula is C25H31N3O2S2. The Kier molecular flexibility index (Phi) is 5.66. The minimum absolute atomic E-state index is 0.0274. The lowest BCUT2D eigenvalue weighted by atomic mass is 9.86. The van der Waals surface area contributed by atoms with Crippen LogP contribution in [0.25, 0.3) is 10.2 Å². The first-order valence-corrected chi connectivity index (χ1v) is 13.4. The van der Waals surface area contributed by atoms with E-state index in [-0.39, 0.29) is 17.9 Å². The summed E-state index contributed by atoms with van der Waals surface area (Å²) in [6.45, 7) is 7.32. The van der Waals surface area contributed by atoms with Gasteiger partial charge in [0.2, 0.25) is 5.91 Å². The number of aryl methyl sites for hydroxylation is 1. The molecule has 2 amide bonds. The van der Waals surface area contributed by atoms with E-state index >= 15 is 0 Å². The molecule has 1 atom stereocenters. The molecule has 2 aliphatic rings. The van der Waals surface area contributed by atoms with Gasteiger partial charge in [-0.1, -0.05) is 19.9 Å². The van der Waals surface area contributed by atoms with Gasteiger partial charge in [-0.2, -0.15) is 0 Å². The summed E-state index contributed by atoms with van der Waals surface area (Å²) >= 11 is 3.38. The lowest BCUT2D eigenvalue weighted by Gasteiger charge is -2.44. The van der Waals surface area contributed by atoms with Crippen molar-refractivity contribution < 1.29 is 9.59 Å². The lowest BCUT2D eigenvalue weighted by molar-refractivity contribution is -0.134. The fraction of sp³-hybridized carbons (Fsp3) is 0.520. The van der Waals surface area contributed by atoms with Gasteiger partial charge in [0.15, 0.2) is 0 Å². The van der Waals surface area contributed by atoms with Crippen LogP contribution in [-0.4, -0.2) is 32.9 Å². The van der Waals surface area contributed by atoms with E-state index < -0.39 is 5.54 Å². The largest absolute Gasteiger partial charge is 0.351 e. The minimum atomic E-state index is -0.933. The van der Waals surface area contributed by atoms with Crippen LogP contribution in [0.4, 0.5) is 0 Å². The summed E-state index contributed by atoms with van der Waals surface area (Å²) in [4.78, 5) is 31.7. The summed E-state index contributed by atoms with van der Waals surface area (Å²) in [7, 11) is 0. The predicted octanol–water partition coefficient (Wildman–Crippen LogP) is 5.44. The van der Waals surface area contributed by atoms with E-state index in [2.05, 4.69) is 29.8 Å². The lowest BCUT2D eigenvalue weighted by Crippen LogP contribution is -2.64. The van der Waals surface area contributed by atoms with Crippen molar-refractivity contribution in [2.75, 3.05) is 0 Å². The third-order valence-electron chi connectivity index (χ3n) is 7.25. The number of rotatable bonds is 5. The summed E-state index contributed by atoms with van der Waals surface area (Å²) < 4.78 is 3.22. The minimum Gasteiger partial charge on any atom is -0.351 e. The number of carbonyl (C=O) groups is 2. The monoisotopic (exact) mass is 469 g/mol. The average Bonchev–Trinajstić information content (AvgIpc) is 3.50. The highest BCUT2D eigenvalue weighted by molar-refractivity contribution is 7.19. The second-order valence-corrected chi connectivity index (χ2v) is 11.8. The van der Waals surface area contributed by atoms with E-state index in [1.807, 2.05) is 30.5 Å².